The number of carbonyl (C=O) groups excluding carboxylic acids is 1. The van der Waals surface area contributed by atoms with Crippen LogP contribution in [0.1, 0.15) is 45.4 Å². The monoisotopic (exact) mass is 282 g/mol. The molecule has 0 aliphatic heterocycles. The summed E-state index contributed by atoms with van der Waals surface area (Å²) in [5, 5.41) is 12.1. The molecule has 5 heteroatoms. The average Bonchev–Trinajstić information content (AvgIpc) is 2.83. The summed E-state index contributed by atoms with van der Waals surface area (Å²) in [5.41, 5.74) is 0. The van der Waals surface area contributed by atoms with Crippen LogP contribution in [0, 0.1) is 17.8 Å². The maximum atomic E-state index is 12.2. The van der Waals surface area contributed by atoms with Crippen LogP contribution in [0.4, 0.5) is 4.79 Å². The summed E-state index contributed by atoms with van der Waals surface area (Å²) >= 11 is 0. The third-order valence-corrected chi connectivity index (χ3v) is 4.86. The Bertz CT molecular complexity index is 355. The Morgan fingerprint density at radius 2 is 1.90 bits per heavy atom. The predicted octanol–water partition coefficient (Wildman–Crippen LogP) is 2.32. The highest BCUT2D eigenvalue weighted by Gasteiger charge is 2.33. The molecule has 2 saturated carbocycles. The third kappa shape index (κ3) is 3.64. The number of hydrogen-bond donors (Lipinski definition) is 2. The number of rotatable bonds is 6. The van der Waals surface area contributed by atoms with Crippen LogP contribution in [-0.4, -0.2) is 41.6 Å². The SMILES string of the molecule is CCN(CC1CCC1)C(=O)NCC1CCCC1C(=O)O. The van der Waals surface area contributed by atoms with Crippen molar-refractivity contribution in [3.8, 4) is 0 Å². The van der Waals surface area contributed by atoms with Crippen LogP contribution >= 0.6 is 0 Å². The predicted molar refractivity (Wildman–Crippen MR) is 76.5 cm³/mol. The van der Waals surface area contributed by atoms with Crippen molar-refractivity contribution < 1.29 is 14.7 Å². The summed E-state index contributed by atoms with van der Waals surface area (Å²) in [6.07, 6.45) is 6.35. The summed E-state index contributed by atoms with van der Waals surface area (Å²) in [4.78, 5) is 25.1. The molecule has 2 atom stereocenters. The molecule has 0 aromatic rings. The number of nitrogens with one attached hydrogen (secondary N) is 1. The lowest BCUT2D eigenvalue weighted by Gasteiger charge is -2.32. The minimum Gasteiger partial charge on any atom is -0.481 e. The van der Waals surface area contributed by atoms with Gasteiger partial charge in [0.1, 0.15) is 0 Å². The van der Waals surface area contributed by atoms with Gasteiger partial charge in [0, 0.05) is 19.6 Å². The van der Waals surface area contributed by atoms with Crippen molar-refractivity contribution in [3.63, 3.8) is 0 Å². The molecule has 20 heavy (non-hydrogen) atoms. The number of carboxylic acids is 1. The standard InChI is InChI=1S/C15H26N2O3/c1-2-17(10-11-5-3-6-11)15(20)16-9-12-7-4-8-13(12)14(18)19/h11-13H,2-10H2,1H3,(H,16,20)(H,18,19). The van der Waals surface area contributed by atoms with E-state index in [0.717, 1.165) is 32.4 Å². The number of carboxylic acid groups (broad SMARTS) is 1. The van der Waals surface area contributed by atoms with Crippen molar-refractivity contribution >= 4 is 12.0 Å². The zero-order valence-corrected chi connectivity index (χ0v) is 12.3. The molecule has 2 N–H and O–H groups in total. The Morgan fingerprint density at radius 3 is 2.45 bits per heavy atom. The highest BCUT2D eigenvalue weighted by molar-refractivity contribution is 5.74. The highest BCUT2D eigenvalue weighted by atomic mass is 16.4. The first-order chi connectivity index (χ1) is 9.61. The topological polar surface area (TPSA) is 69.6 Å². The molecule has 2 rings (SSSR count). The van der Waals surface area contributed by atoms with E-state index < -0.39 is 5.97 Å². The minimum atomic E-state index is -0.719. The van der Waals surface area contributed by atoms with Gasteiger partial charge in [-0.3, -0.25) is 4.79 Å². The lowest BCUT2D eigenvalue weighted by atomic mass is 9.85. The number of amides is 2. The molecule has 2 aliphatic rings. The largest absolute Gasteiger partial charge is 0.481 e. The Labute approximate surface area is 120 Å². The summed E-state index contributed by atoms with van der Waals surface area (Å²) in [7, 11) is 0. The molecule has 2 unspecified atom stereocenters. The van der Waals surface area contributed by atoms with Crippen molar-refractivity contribution in [1.29, 1.82) is 0 Å². The number of urea groups is 1. The lowest BCUT2D eigenvalue weighted by Crippen LogP contribution is -2.45. The van der Waals surface area contributed by atoms with E-state index in [9.17, 15) is 9.59 Å². The van der Waals surface area contributed by atoms with Crippen LogP contribution in [0.3, 0.4) is 0 Å². The van der Waals surface area contributed by atoms with E-state index in [2.05, 4.69) is 5.32 Å². The van der Waals surface area contributed by atoms with Crippen molar-refractivity contribution in [2.45, 2.75) is 45.4 Å². The van der Waals surface area contributed by atoms with Gasteiger partial charge in [-0.25, -0.2) is 4.79 Å². The molecule has 0 bridgehead atoms. The van der Waals surface area contributed by atoms with Gasteiger partial charge in [0.2, 0.25) is 0 Å². The van der Waals surface area contributed by atoms with Gasteiger partial charge < -0.3 is 15.3 Å². The number of aliphatic carboxylic acids is 1. The molecule has 2 aliphatic carbocycles. The van der Waals surface area contributed by atoms with Gasteiger partial charge >= 0.3 is 12.0 Å². The van der Waals surface area contributed by atoms with E-state index in [0.29, 0.717) is 12.5 Å². The van der Waals surface area contributed by atoms with Crippen LogP contribution in [0.15, 0.2) is 0 Å². The molecule has 0 radical (unpaired) electrons. The van der Waals surface area contributed by atoms with Crippen molar-refractivity contribution in [3.05, 3.63) is 0 Å². The van der Waals surface area contributed by atoms with E-state index >= 15 is 0 Å². The van der Waals surface area contributed by atoms with Crippen LogP contribution in [0.2, 0.25) is 0 Å². The van der Waals surface area contributed by atoms with E-state index in [-0.39, 0.29) is 17.9 Å². The molecule has 0 spiro atoms. The van der Waals surface area contributed by atoms with Gasteiger partial charge in [-0.2, -0.15) is 0 Å². The van der Waals surface area contributed by atoms with Gasteiger partial charge in [0.05, 0.1) is 5.92 Å². The van der Waals surface area contributed by atoms with Crippen LogP contribution in [0.5, 0.6) is 0 Å². The molecule has 5 nitrogen and oxygen atoms in total. The fourth-order valence-electron chi connectivity index (χ4n) is 3.28. The number of hydrogen-bond acceptors (Lipinski definition) is 2. The Balaban J connectivity index is 1.76. The Hall–Kier alpha value is -1.26. The Kier molecular flexibility index (Phi) is 5.26. The van der Waals surface area contributed by atoms with Crippen molar-refractivity contribution in [2.24, 2.45) is 17.8 Å². The molecular weight excluding hydrogens is 256 g/mol. The zero-order chi connectivity index (χ0) is 14.5. The van der Waals surface area contributed by atoms with E-state index in [4.69, 9.17) is 5.11 Å². The molecule has 0 saturated heterocycles. The molecular formula is C15H26N2O3. The first-order valence-electron chi connectivity index (χ1n) is 7.87. The lowest BCUT2D eigenvalue weighted by molar-refractivity contribution is -0.142. The molecule has 2 amide bonds. The summed E-state index contributed by atoms with van der Waals surface area (Å²) in [6, 6.07) is -0.0320. The van der Waals surface area contributed by atoms with E-state index in [1.807, 2.05) is 11.8 Å². The average molecular weight is 282 g/mol. The van der Waals surface area contributed by atoms with Gasteiger partial charge in [0.15, 0.2) is 0 Å². The molecule has 0 heterocycles. The molecule has 0 aromatic carbocycles. The highest BCUT2D eigenvalue weighted by Crippen LogP contribution is 2.31. The van der Waals surface area contributed by atoms with Gasteiger partial charge in [-0.1, -0.05) is 12.8 Å². The fourth-order valence-corrected chi connectivity index (χ4v) is 3.28. The van der Waals surface area contributed by atoms with Crippen LogP contribution in [-0.2, 0) is 4.79 Å². The second-order valence-electron chi connectivity index (χ2n) is 6.16. The maximum absolute atomic E-state index is 12.2. The van der Waals surface area contributed by atoms with Crippen molar-refractivity contribution in [2.75, 3.05) is 19.6 Å². The van der Waals surface area contributed by atoms with Crippen LogP contribution < -0.4 is 5.32 Å². The molecule has 2 fully saturated rings. The third-order valence-electron chi connectivity index (χ3n) is 4.86. The van der Waals surface area contributed by atoms with Gasteiger partial charge in [0.25, 0.3) is 0 Å². The molecule has 114 valence electrons. The van der Waals surface area contributed by atoms with E-state index in [1.165, 1.54) is 19.3 Å². The van der Waals surface area contributed by atoms with Gasteiger partial charge in [-0.05, 0) is 44.4 Å². The number of carbonyl (C=O) groups is 2. The van der Waals surface area contributed by atoms with Crippen LogP contribution in [0.25, 0.3) is 0 Å². The first kappa shape index (κ1) is 15.1. The minimum absolute atomic E-state index is 0.0320. The smallest absolute Gasteiger partial charge is 0.317 e. The quantitative estimate of drug-likeness (QED) is 0.785. The summed E-state index contributed by atoms with van der Waals surface area (Å²) in [6.45, 7) is 4.05. The fraction of sp³-hybridized carbons (Fsp3) is 0.867. The zero-order valence-electron chi connectivity index (χ0n) is 12.3. The number of nitrogens with zero attached hydrogens (tertiary/aromatic N) is 1. The second-order valence-corrected chi connectivity index (χ2v) is 6.16. The Morgan fingerprint density at radius 1 is 1.20 bits per heavy atom. The second kappa shape index (κ2) is 6.95. The van der Waals surface area contributed by atoms with Crippen molar-refractivity contribution in [1.82, 2.24) is 10.2 Å². The maximum Gasteiger partial charge on any atom is 0.317 e. The van der Waals surface area contributed by atoms with Gasteiger partial charge in [-0.15, -0.1) is 0 Å². The van der Waals surface area contributed by atoms with E-state index in [1.54, 1.807) is 0 Å². The normalized spacial score (nSPS) is 26.1. The first-order valence-corrected chi connectivity index (χ1v) is 7.87. The summed E-state index contributed by atoms with van der Waals surface area (Å²) in [5.74, 6) is -0.238. The molecule has 0 aromatic heterocycles. The summed E-state index contributed by atoms with van der Waals surface area (Å²) < 4.78 is 0.